The number of anilines is 1. The summed E-state index contributed by atoms with van der Waals surface area (Å²) in [5.41, 5.74) is 4.65. The molecule has 7 nitrogen and oxygen atoms in total. The number of piperazine rings is 1. The van der Waals surface area contributed by atoms with Crippen LogP contribution in [0.25, 0.3) is 0 Å². The summed E-state index contributed by atoms with van der Waals surface area (Å²) >= 11 is 0. The van der Waals surface area contributed by atoms with Crippen LogP contribution in [0, 0.1) is 5.92 Å². The normalized spacial score (nSPS) is 14.9. The molecule has 1 atom stereocenters. The van der Waals surface area contributed by atoms with Gasteiger partial charge in [-0.3, -0.25) is 25.2 Å². The van der Waals surface area contributed by atoms with Gasteiger partial charge in [-0.05, 0) is 42.3 Å². The summed E-state index contributed by atoms with van der Waals surface area (Å²) in [6, 6.07) is 13.6. The zero-order valence-corrected chi connectivity index (χ0v) is 18.8. The van der Waals surface area contributed by atoms with Crippen LogP contribution in [-0.4, -0.2) is 48.8 Å². The fraction of sp³-hybridized carbons (Fsp3) is 0.375. The predicted molar refractivity (Wildman–Crippen MR) is 121 cm³/mol. The van der Waals surface area contributed by atoms with Gasteiger partial charge in [0.2, 0.25) is 11.8 Å². The van der Waals surface area contributed by atoms with E-state index in [1.165, 1.54) is 0 Å². The quantitative estimate of drug-likeness (QED) is 0.628. The Hall–Kier alpha value is -3.56. The van der Waals surface area contributed by atoms with Crippen LogP contribution >= 0.6 is 0 Å². The number of hydrogen-bond acceptors (Lipinski definition) is 4. The molecule has 0 saturated carbocycles. The Morgan fingerprint density at radius 2 is 1.50 bits per heavy atom. The Bertz CT molecular complexity index is 989. The van der Waals surface area contributed by atoms with Crippen molar-refractivity contribution in [3.63, 3.8) is 0 Å². The van der Waals surface area contributed by atoms with E-state index < -0.39 is 23.6 Å². The Morgan fingerprint density at radius 1 is 0.882 bits per heavy atom. The first kappa shape index (κ1) is 25.1. The highest BCUT2D eigenvalue weighted by Crippen LogP contribution is 2.29. The van der Waals surface area contributed by atoms with E-state index in [9.17, 15) is 27.6 Å². The fourth-order valence-corrected chi connectivity index (χ4v) is 3.73. The third-order valence-electron chi connectivity index (χ3n) is 5.60. The third-order valence-corrected chi connectivity index (χ3v) is 5.60. The number of para-hydroxylation sites is 1. The molecule has 182 valence electrons. The highest BCUT2D eigenvalue weighted by molar-refractivity contribution is 5.95. The van der Waals surface area contributed by atoms with Crippen molar-refractivity contribution in [2.45, 2.75) is 25.9 Å². The lowest BCUT2D eigenvalue weighted by molar-refractivity contribution is -0.137. The molecule has 0 bridgehead atoms. The Morgan fingerprint density at radius 3 is 2.09 bits per heavy atom. The lowest BCUT2D eigenvalue weighted by atomic mass is 10.0. The standard InChI is InChI=1S/C24H27F3N4O3/c1-17(16-22(33)31-13-11-30(12-14-31)20-5-3-2-4-6-20)15-21(32)28-29-23(34)18-7-9-19(10-8-18)24(25,26)27/h2-10,17H,11-16H2,1H3,(H,28,32)(H,29,34)/t17-/m1/s1. The molecule has 2 aromatic rings. The Labute approximate surface area is 195 Å². The number of nitrogens with zero attached hydrogens (tertiary/aromatic N) is 2. The van der Waals surface area contributed by atoms with Gasteiger partial charge in [0.25, 0.3) is 5.91 Å². The first-order chi connectivity index (χ1) is 16.1. The lowest BCUT2D eigenvalue weighted by Gasteiger charge is -2.36. The number of amides is 3. The van der Waals surface area contributed by atoms with Crippen LogP contribution in [-0.2, 0) is 15.8 Å². The highest BCUT2D eigenvalue weighted by Gasteiger charge is 2.30. The molecule has 3 amide bonds. The molecule has 0 aliphatic carbocycles. The van der Waals surface area contributed by atoms with E-state index in [2.05, 4.69) is 15.8 Å². The van der Waals surface area contributed by atoms with Crippen molar-refractivity contribution in [1.29, 1.82) is 0 Å². The van der Waals surface area contributed by atoms with E-state index in [1.807, 2.05) is 30.3 Å². The van der Waals surface area contributed by atoms with Crippen LogP contribution in [0.2, 0.25) is 0 Å². The van der Waals surface area contributed by atoms with Gasteiger partial charge >= 0.3 is 6.18 Å². The van der Waals surface area contributed by atoms with E-state index in [-0.39, 0.29) is 30.2 Å². The molecule has 2 aromatic carbocycles. The molecule has 1 aliphatic heterocycles. The SMILES string of the molecule is C[C@H](CC(=O)NNC(=O)c1ccc(C(F)(F)F)cc1)CC(=O)N1CCN(c2ccccc2)CC1. The molecule has 0 aromatic heterocycles. The molecular weight excluding hydrogens is 449 g/mol. The van der Waals surface area contributed by atoms with Crippen molar-refractivity contribution in [2.75, 3.05) is 31.1 Å². The molecule has 2 N–H and O–H groups in total. The van der Waals surface area contributed by atoms with Crippen LogP contribution < -0.4 is 15.8 Å². The molecule has 1 saturated heterocycles. The monoisotopic (exact) mass is 476 g/mol. The number of benzene rings is 2. The van der Waals surface area contributed by atoms with E-state index in [1.54, 1.807) is 11.8 Å². The number of rotatable bonds is 6. The Kier molecular flexibility index (Phi) is 8.14. The van der Waals surface area contributed by atoms with Crippen LogP contribution in [0.1, 0.15) is 35.7 Å². The summed E-state index contributed by atoms with van der Waals surface area (Å²) in [5.74, 6) is -1.50. The predicted octanol–water partition coefficient (Wildman–Crippen LogP) is 3.23. The van der Waals surface area contributed by atoms with E-state index in [4.69, 9.17) is 0 Å². The maximum atomic E-state index is 12.6. The second kappa shape index (κ2) is 11.0. The molecule has 1 aliphatic rings. The van der Waals surface area contributed by atoms with Crippen molar-refractivity contribution >= 4 is 23.4 Å². The summed E-state index contributed by atoms with van der Waals surface area (Å²) in [4.78, 5) is 40.8. The van der Waals surface area contributed by atoms with Crippen molar-refractivity contribution in [3.05, 3.63) is 65.7 Å². The number of halogens is 3. The Balaban J connectivity index is 1.38. The molecule has 0 radical (unpaired) electrons. The van der Waals surface area contributed by atoms with Gasteiger partial charge in [-0.15, -0.1) is 0 Å². The van der Waals surface area contributed by atoms with Gasteiger partial charge in [-0.1, -0.05) is 25.1 Å². The summed E-state index contributed by atoms with van der Waals surface area (Å²) in [6.45, 7) is 4.46. The smallest absolute Gasteiger partial charge is 0.368 e. The average molecular weight is 476 g/mol. The van der Waals surface area contributed by atoms with Crippen LogP contribution in [0.4, 0.5) is 18.9 Å². The minimum atomic E-state index is -4.49. The summed E-state index contributed by atoms with van der Waals surface area (Å²) < 4.78 is 37.8. The van der Waals surface area contributed by atoms with Gasteiger partial charge in [-0.25, -0.2) is 0 Å². The number of nitrogens with one attached hydrogen (secondary N) is 2. The molecule has 1 heterocycles. The minimum Gasteiger partial charge on any atom is -0.368 e. The van der Waals surface area contributed by atoms with Gasteiger partial charge in [0, 0.05) is 50.3 Å². The van der Waals surface area contributed by atoms with Gasteiger partial charge in [0.1, 0.15) is 0 Å². The maximum Gasteiger partial charge on any atom is 0.416 e. The molecular formula is C24H27F3N4O3. The van der Waals surface area contributed by atoms with E-state index in [0.29, 0.717) is 13.1 Å². The minimum absolute atomic E-state index is 0.0169. The van der Waals surface area contributed by atoms with Crippen molar-refractivity contribution in [3.8, 4) is 0 Å². The topological polar surface area (TPSA) is 81.8 Å². The number of carbonyl (C=O) groups excluding carboxylic acids is 3. The van der Waals surface area contributed by atoms with Crippen molar-refractivity contribution in [1.82, 2.24) is 15.8 Å². The van der Waals surface area contributed by atoms with Crippen molar-refractivity contribution in [2.24, 2.45) is 5.92 Å². The number of hydrazine groups is 1. The first-order valence-electron chi connectivity index (χ1n) is 11.0. The zero-order chi connectivity index (χ0) is 24.7. The first-order valence-corrected chi connectivity index (χ1v) is 11.0. The number of alkyl halides is 3. The maximum absolute atomic E-state index is 12.6. The van der Waals surface area contributed by atoms with Gasteiger partial charge in [0.15, 0.2) is 0 Å². The summed E-state index contributed by atoms with van der Waals surface area (Å²) in [5, 5.41) is 0. The van der Waals surface area contributed by atoms with Crippen LogP contribution in [0.5, 0.6) is 0 Å². The largest absolute Gasteiger partial charge is 0.416 e. The second-order valence-electron chi connectivity index (χ2n) is 8.29. The molecule has 3 rings (SSSR count). The number of carbonyl (C=O) groups is 3. The summed E-state index contributed by atoms with van der Waals surface area (Å²) in [6.07, 6.45) is -4.28. The molecule has 10 heteroatoms. The van der Waals surface area contributed by atoms with Gasteiger partial charge in [-0.2, -0.15) is 13.2 Å². The van der Waals surface area contributed by atoms with Crippen molar-refractivity contribution < 1.29 is 27.6 Å². The molecule has 1 fully saturated rings. The average Bonchev–Trinajstić information content (AvgIpc) is 2.82. The van der Waals surface area contributed by atoms with E-state index >= 15 is 0 Å². The zero-order valence-electron chi connectivity index (χ0n) is 18.8. The lowest BCUT2D eigenvalue weighted by Crippen LogP contribution is -2.49. The summed E-state index contributed by atoms with van der Waals surface area (Å²) in [7, 11) is 0. The van der Waals surface area contributed by atoms with Gasteiger partial charge < -0.3 is 9.80 Å². The third kappa shape index (κ3) is 6.97. The number of hydrogen-bond donors (Lipinski definition) is 2. The van der Waals surface area contributed by atoms with Crippen LogP contribution in [0.3, 0.4) is 0 Å². The fourth-order valence-electron chi connectivity index (χ4n) is 3.73. The molecule has 0 spiro atoms. The highest BCUT2D eigenvalue weighted by atomic mass is 19.4. The van der Waals surface area contributed by atoms with E-state index in [0.717, 1.165) is 43.0 Å². The van der Waals surface area contributed by atoms with Crippen LogP contribution in [0.15, 0.2) is 54.6 Å². The molecule has 0 unspecified atom stereocenters. The molecule has 34 heavy (non-hydrogen) atoms. The second-order valence-corrected chi connectivity index (χ2v) is 8.29. The van der Waals surface area contributed by atoms with Gasteiger partial charge in [0.05, 0.1) is 5.56 Å².